The SMILES string of the molecule is COC(=O)c1ccc(OCC2CC2(F)F)cc1. The number of halogens is 2. The number of methoxy groups -OCH3 is 1. The topological polar surface area (TPSA) is 35.5 Å². The second-order valence-electron chi connectivity index (χ2n) is 3.99. The smallest absolute Gasteiger partial charge is 0.337 e. The molecule has 3 nitrogen and oxygen atoms in total. The zero-order chi connectivity index (χ0) is 12.5. The summed E-state index contributed by atoms with van der Waals surface area (Å²) in [7, 11) is 1.29. The van der Waals surface area contributed by atoms with Crippen LogP contribution in [0, 0.1) is 5.92 Å². The van der Waals surface area contributed by atoms with Gasteiger partial charge < -0.3 is 9.47 Å². The Morgan fingerprint density at radius 3 is 2.47 bits per heavy atom. The molecule has 2 rings (SSSR count). The summed E-state index contributed by atoms with van der Waals surface area (Å²) in [5.74, 6) is -3.21. The van der Waals surface area contributed by atoms with Gasteiger partial charge in [-0.2, -0.15) is 0 Å². The van der Waals surface area contributed by atoms with Gasteiger partial charge in [0, 0.05) is 6.42 Å². The van der Waals surface area contributed by atoms with Gasteiger partial charge in [-0.1, -0.05) is 0 Å². The van der Waals surface area contributed by atoms with Gasteiger partial charge in [0.1, 0.15) is 5.75 Å². The van der Waals surface area contributed by atoms with Crippen LogP contribution in [-0.4, -0.2) is 25.6 Å². The average molecular weight is 242 g/mol. The minimum atomic E-state index is -2.56. The minimum absolute atomic E-state index is 0.00453. The number of hydrogen-bond donors (Lipinski definition) is 0. The first kappa shape index (κ1) is 11.8. The summed E-state index contributed by atoms with van der Waals surface area (Å²) in [6, 6.07) is 6.19. The highest BCUT2D eigenvalue weighted by Gasteiger charge is 2.57. The summed E-state index contributed by atoms with van der Waals surface area (Å²) in [4.78, 5) is 11.1. The van der Waals surface area contributed by atoms with Crippen LogP contribution in [0.25, 0.3) is 0 Å². The molecule has 1 aliphatic rings. The predicted octanol–water partition coefficient (Wildman–Crippen LogP) is 2.51. The van der Waals surface area contributed by atoms with Crippen LogP contribution in [0.15, 0.2) is 24.3 Å². The van der Waals surface area contributed by atoms with E-state index in [9.17, 15) is 13.6 Å². The van der Waals surface area contributed by atoms with Crippen LogP contribution in [0.2, 0.25) is 0 Å². The van der Waals surface area contributed by atoms with Crippen molar-refractivity contribution >= 4 is 5.97 Å². The third-order valence-corrected chi connectivity index (χ3v) is 2.68. The quantitative estimate of drug-likeness (QED) is 0.761. The molecule has 1 fully saturated rings. The van der Waals surface area contributed by atoms with Crippen molar-refractivity contribution in [1.29, 1.82) is 0 Å². The molecule has 0 N–H and O–H groups in total. The summed E-state index contributed by atoms with van der Waals surface area (Å²) in [5.41, 5.74) is 0.400. The van der Waals surface area contributed by atoms with Crippen LogP contribution >= 0.6 is 0 Å². The lowest BCUT2D eigenvalue weighted by Crippen LogP contribution is -2.06. The Kier molecular flexibility index (Phi) is 3.00. The van der Waals surface area contributed by atoms with E-state index in [-0.39, 0.29) is 13.0 Å². The second-order valence-corrected chi connectivity index (χ2v) is 3.99. The van der Waals surface area contributed by atoms with Gasteiger partial charge in [-0.15, -0.1) is 0 Å². The van der Waals surface area contributed by atoms with Crippen molar-refractivity contribution in [3.8, 4) is 5.75 Å². The molecular weight excluding hydrogens is 230 g/mol. The molecule has 0 heterocycles. The Bertz CT molecular complexity index is 414. The Morgan fingerprint density at radius 2 is 2.00 bits per heavy atom. The fourth-order valence-electron chi connectivity index (χ4n) is 1.45. The molecule has 0 amide bonds. The van der Waals surface area contributed by atoms with E-state index in [1.165, 1.54) is 19.2 Å². The maximum absolute atomic E-state index is 12.6. The second kappa shape index (κ2) is 4.31. The van der Waals surface area contributed by atoms with Crippen molar-refractivity contribution in [2.75, 3.05) is 13.7 Å². The van der Waals surface area contributed by atoms with Crippen LogP contribution in [0.3, 0.4) is 0 Å². The van der Waals surface area contributed by atoms with Gasteiger partial charge in [0.2, 0.25) is 0 Å². The molecule has 0 aliphatic heterocycles. The fraction of sp³-hybridized carbons (Fsp3) is 0.417. The molecule has 1 saturated carbocycles. The van der Waals surface area contributed by atoms with Gasteiger partial charge in [0.25, 0.3) is 5.92 Å². The zero-order valence-corrected chi connectivity index (χ0v) is 9.28. The lowest BCUT2D eigenvalue weighted by atomic mass is 10.2. The molecule has 17 heavy (non-hydrogen) atoms. The number of carbonyl (C=O) groups excluding carboxylic acids is 1. The molecule has 92 valence electrons. The van der Waals surface area contributed by atoms with Gasteiger partial charge in [0.15, 0.2) is 0 Å². The molecule has 1 unspecified atom stereocenters. The maximum Gasteiger partial charge on any atom is 0.337 e. The molecule has 0 saturated heterocycles. The van der Waals surface area contributed by atoms with Gasteiger partial charge in [-0.25, -0.2) is 13.6 Å². The third-order valence-electron chi connectivity index (χ3n) is 2.68. The first-order valence-corrected chi connectivity index (χ1v) is 5.22. The Labute approximate surface area is 97.3 Å². The minimum Gasteiger partial charge on any atom is -0.493 e. The lowest BCUT2D eigenvalue weighted by Gasteiger charge is -2.06. The van der Waals surface area contributed by atoms with E-state index < -0.39 is 17.8 Å². The summed E-state index contributed by atoms with van der Waals surface area (Å²) >= 11 is 0. The zero-order valence-electron chi connectivity index (χ0n) is 9.28. The van der Waals surface area contributed by atoms with Crippen molar-refractivity contribution in [2.24, 2.45) is 5.92 Å². The van der Waals surface area contributed by atoms with Crippen molar-refractivity contribution < 1.29 is 23.0 Å². The molecule has 1 aromatic carbocycles. The first-order valence-electron chi connectivity index (χ1n) is 5.22. The first-order chi connectivity index (χ1) is 8.03. The van der Waals surface area contributed by atoms with E-state index in [4.69, 9.17) is 4.74 Å². The summed E-state index contributed by atoms with van der Waals surface area (Å²) in [5, 5.41) is 0. The summed E-state index contributed by atoms with van der Waals surface area (Å²) in [6.45, 7) is 0.00453. The molecule has 1 aromatic rings. The lowest BCUT2D eigenvalue weighted by molar-refractivity contribution is 0.0600. The highest BCUT2D eigenvalue weighted by molar-refractivity contribution is 5.89. The molecule has 0 radical (unpaired) electrons. The van der Waals surface area contributed by atoms with E-state index in [0.29, 0.717) is 11.3 Å². The Hall–Kier alpha value is -1.65. The highest BCUT2D eigenvalue weighted by Crippen LogP contribution is 2.48. The molecule has 0 aromatic heterocycles. The molecule has 5 heteroatoms. The number of benzene rings is 1. The standard InChI is InChI=1S/C12H12F2O3/c1-16-11(15)8-2-4-10(5-3-8)17-7-9-6-12(9,13)14/h2-5,9H,6-7H2,1H3. The normalized spacial score (nSPS) is 20.8. The van der Waals surface area contributed by atoms with E-state index >= 15 is 0 Å². The van der Waals surface area contributed by atoms with Crippen LogP contribution in [-0.2, 0) is 4.74 Å². The monoisotopic (exact) mass is 242 g/mol. The van der Waals surface area contributed by atoms with Crippen LogP contribution in [0.1, 0.15) is 16.8 Å². The summed E-state index contributed by atoms with van der Waals surface area (Å²) in [6.07, 6.45) is -0.104. The van der Waals surface area contributed by atoms with Crippen LogP contribution < -0.4 is 4.74 Å². The maximum atomic E-state index is 12.6. The molecule has 1 aliphatic carbocycles. The number of carbonyl (C=O) groups is 1. The van der Waals surface area contributed by atoms with Crippen LogP contribution in [0.4, 0.5) is 8.78 Å². The van der Waals surface area contributed by atoms with E-state index in [0.717, 1.165) is 0 Å². The third kappa shape index (κ3) is 2.72. The molecule has 0 bridgehead atoms. The number of rotatable bonds is 4. The highest BCUT2D eigenvalue weighted by atomic mass is 19.3. The van der Waals surface area contributed by atoms with Gasteiger partial charge in [0.05, 0.1) is 25.2 Å². The van der Waals surface area contributed by atoms with E-state index in [2.05, 4.69) is 4.74 Å². The number of hydrogen-bond acceptors (Lipinski definition) is 3. The van der Waals surface area contributed by atoms with E-state index in [1.807, 2.05) is 0 Å². The number of alkyl halides is 2. The van der Waals surface area contributed by atoms with Gasteiger partial charge in [-0.05, 0) is 24.3 Å². The number of esters is 1. The van der Waals surface area contributed by atoms with Gasteiger partial charge >= 0.3 is 5.97 Å². The largest absolute Gasteiger partial charge is 0.493 e. The van der Waals surface area contributed by atoms with E-state index in [1.54, 1.807) is 12.1 Å². The van der Waals surface area contributed by atoms with Crippen molar-refractivity contribution in [3.63, 3.8) is 0 Å². The van der Waals surface area contributed by atoms with Crippen molar-refractivity contribution in [1.82, 2.24) is 0 Å². The Balaban J connectivity index is 1.88. The van der Waals surface area contributed by atoms with Gasteiger partial charge in [-0.3, -0.25) is 0 Å². The van der Waals surface area contributed by atoms with Crippen LogP contribution in [0.5, 0.6) is 5.75 Å². The number of ether oxygens (including phenoxy) is 2. The van der Waals surface area contributed by atoms with Crippen molar-refractivity contribution in [3.05, 3.63) is 29.8 Å². The average Bonchev–Trinajstić information content (AvgIpc) is 2.94. The van der Waals surface area contributed by atoms with Crippen molar-refractivity contribution in [2.45, 2.75) is 12.3 Å². The Morgan fingerprint density at radius 1 is 1.41 bits per heavy atom. The fourth-order valence-corrected chi connectivity index (χ4v) is 1.45. The predicted molar refractivity (Wildman–Crippen MR) is 56.3 cm³/mol. The molecule has 0 spiro atoms. The molecule has 1 atom stereocenters. The summed E-state index contributed by atoms with van der Waals surface area (Å²) < 4.78 is 34.9. The molecular formula is C12H12F2O3.